The van der Waals surface area contributed by atoms with E-state index in [9.17, 15) is 4.79 Å². The molecule has 5 nitrogen and oxygen atoms in total. The van der Waals surface area contributed by atoms with Gasteiger partial charge in [-0.05, 0) is 26.2 Å². The Hall–Kier alpha value is -0.650. The van der Waals surface area contributed by atoms with Gasteiger partial charge in [0.1, 0.15) is 0 Å². The Morgan fingerprint density at radius 1 is 1.26 bits per heavy atom. The summed E-state index contributed by atoms with van der Waals surface area (Å²) >= 11 is 0. The zero-order valence-corrected chi connectivity index (χ0v) is 12.5. The Morgan fingerprint density at radius 3 is 2.74 bits per heavy atom. The van der Waals surface area contributed by atoms with Crippen LogP contribution in [0.1, 0.15) is 39.5 Å². The topological polar surface area (TPSA) is 50.8 Å². The first-order chi connectivity index (χ1) is 9.20. The van der Waals surface area contributed by atoms with E-state index < -0.39 is 0 Å². The molecule has 1 heterocycles. The summed E-state index contributed by atoms with van der Waals surface area (Å²) in [6.07, 6.45) is 4.32. The van der Waals surface area contributed by atoms with Crippen LogP contribution in [0.2, 0.25) is 0 Å². The van der Waals surface area contributed by atoms with Crippen LogP contribution in [0, 0.1) is 0 Å². The second-order valence-corrected chi connectivity index (χ2v) is 5.04. The van der Waals surface area contributed by atoms with Gasteiger partial charge in [-0.15, -0.1) is 0 Å². The quantitative estimate of drug-likeness (QED) is 0.610. The van der Waals surface area contributed by atoms with Gasteiger partial charge in [0.05, 0.1) is 25.4 Å². The van der Waals surface area contributed by atoms with Gasteiger partial charge in [-0.2, -0.15) is 0 Å². The summed E-state index contributed by atoms with van der Waals surface area (Å²) < 4.78 is 10.3. The normalized spacial score (nSPS) is 23.3. The molecule has 5 heteroatoms. The number of hydrogen-bond acceptors (Lipinski definition) is 4. The van der Waals surface area contributed by atoms with E-state index in [1.54, 1.807) is 7.11 Å². The van der Waals surface area contributed by atoms with Gasteiger partial charge >= 0.3 is 0 Å². The van der Waals surface area contributed by atoms with E-state index in [0.29, 0.717) is 13.2 Å². The van der Waals surface area contributed by atoms with Gasteiger partial charge in [0.15, 0.2) is 0 Å². The first-order valence-corrected chi connectivity index (χ1v) is 7.34. The van der Waals surface area contributed by atoms with Crippen LogP contribution in [0.15, 0.2) is 0 Å². The van der Waals surface area contributed by atoms with Crippen molar-refractivity contribution in [2.24, 2.45) is 0 Å². The summed E-state index contributed by atoms with van der Waals surface area (Å²) in [6.45, 7) is 6.96. The zero-order valence-electron chi connectivity index (χ0n) is 12.5. The third kappa shape index (κ3) is 5.47. The molecule has 19 heavy (non-hydrogen) atoms. The number of carbonyl (C=O) groups is 1. The maximum Gasteiger partial charge on any atom is 0.240 e. The number of ether oxygens (including phenoxy) is 2. The second kappa shape index (κ2) is 9.28. The van der Waals surface area contributed by atoms with Gasteiger partial charge in [0.2, 0.25) is 5.91 Å². The van der Waals surface area contributed by atoms with Crippen molar-refractivity contribution in [2.45, 2.75) is 51.7 Å². The largest absolute Gasteiger partial charge is 0.382 e. The van der Waals surface area contributed by atoms with Crippen LogP contribution in [-0.2, 0) is 14.3 Å². The fourth-order valence-electron chi connectivity index (χ4n) is 2.36. The van der Waals surface area contributed by atoms with Crippen molar-refractivity contribution in [3.8, 4) is 0 Å². The lowest BCUT2D eigenvalue weighted by molar-refractivity contribution is -0.129. The maximum absolute atomic E-state index is 12.0. The highest BCUT2D eigenvalue weighted by Crippen LogP contribution is 2.15. The summed E-state index contributed by atoms with van der Waals surface area (Å²) in [5, 5.41) is 3.35. The summed E-state index contributed by atoms with van der Waals surface area (Å²) in [5.74, 6) is 0.235. The molecular weight excluding hydrogens is 244 g/mol. The van der Waals surface area contributed by atoms with Gasteiger partial charge in [0.25, 0.3) is 0 Å². The van der Waals surface area contributed by atoms with Crippen molar-refractivity contribution in [1.29, 1.82) is 0 Å². The molecule has 0 saturated carbocycles. The summed E-state index contributed by atoms with van der Waals surface area (Å²) in [6, 6.07) is -0.0329. The molecular formula is C14H28N2O3. The molecule has 2 atom stereocenters. The maximum atomic E-state index is 12.0. The number of rotatable bonds is 10. The van der Waals surface area contributed by atoms with Gasteiger partial charge in [0, 0.05) is 20.3 Å². The van der Waals surface area contributed by atoms with Crippen molar-refractivity contribution < 1.29 is 14.3 Å². The summed E-state index contributed by atoms with van der Waals surface area (Å²) in [7, 11) is 1.67. The van der Waals surface area contributed by atoms with Gasteiger partial charge in [-0.1, -0.05) is 13.3 Å². The first kappa shape index (κ1) is 16.4. The number of nitrogens with one attached hydrogen (secondary N) is 1. The van der Waals surface area contributed by atoms with Crippen LogP contribution < -0.4 is 5.32 Å². The summed E-state index contributed by atoms with van der Waals surface area (Å²) in [5.41, 5.74) is 0. The molecule has 0 aromatic heterocycles. The second-order valence-electron chi connectivity index (χ2n) is 5.04. The molecule has 1 fully saturated rings. The standard InChI is InChI=1S/C14H28N2O3/c1-4-7-13-15-12(2)14(17)16(13)8-5-6-9-19-11-10-18-3/h12-13,15H,4-11H2,1-3H3. The Kier molecular flexibility index (Phi) is 8.02. The van der Waals surface area contributed by atoms with E-state index in [1.807, 2.05) is 11.8 Å². The smallest absolute Gasteiger partial charge is 0.240 e. The Labute approximate surface area is 116 Å². The molecule has 0 bridgehead atoms. The number of methoxy groups -OCH3 is 1. The molecule has 1 rings (SSSR count). The average molecular weight is 272 g/mol. The molecule has 1 aliphatic rings. The fourth-order valence-corrected chi connectivity index (χ4v) is 2.36. The molecule has 1 aliphatic heterocycles. The fraction of sp³-hybridized carbons (Fsp3) is 0.929. The van der Waals surface area contributed by atoms with Crippen LogP contribution in [0.4, 0.5) is 0 Å². The van der Waals surface area contributed by atoms with Crippen molar-refractivity contribution in [3.05, 3.63) is 0 Å². The van der Waals surface area contributed by atoms with E-state index in [2.05, 4.69) is 12.2 Å². The third-order valence-corrected chi connectivity index (χ3v) is 3.40. The Balaban J connectivity index is 2.17. The molecule has 1 N–H and O–H groups in total. The number of hydrogen-bond donors (Lipinski definition) is 1. The lowest BCUT2D eigenvalue weighted by Crippen LogP contribution is -2.37. The predicted octanol–water partition coefficient (Wildman–Crippen LogP) is 1.38. The number of unbranched alkanes of at least 4 members (excludes halogenated alkanes) is 1. The first-order valence-electron chi connectivity index (χ1n) is 7.34. The van der Waals surface area contributed by atoms with Crippen molar-refractivity contribution in [3.63, 3.8) is 0 Å². The number of nitrogens with zero attached hydrogens (tertiary/aromatic N) is 1. The molecule has 112 valence electrons. The molecule has 0 spiro atoms. The van der Waals surface area contributed by atoms with E-state index in [4.69, 9.17) is 9.47 Å². The van der Waals surface area contributed by atoms with Crippen LogP contribution in [0.5, 0.6) is 0 Å². The minimum Gasteiger partial charge on any atom is -0.382 e. The molecule has 1 amide bonds. The number of amides is 1. The van der Waals surface area contributed by atoms with Gasteiger partial charge in [-0.25, -0.2) is 0 Å². The highest BCUT2D eigenvalue weighted by atomic mass is 16.5. The third-order valence-electron chi connectivity index (χ3n) is 3.40. The minimum absolute atomic E-state index is 0.0329. The highest BCUT2D eigenvalue weighted by Gasteiger charge is 2.34. The van der Waals surface area contributed by atoms with E-state index in [-0.39, 0.29) is 18.1 Å². The number of carbonyl (C=O) groups excluding carboxylic acids is 1. The molecule has 1 saturated heterocycles. The average Bonchev–Trinajstić information content (AvgIpc) is 2.65. The predicted molar refractivity (Wildman–Crippen MR) is 74.9 cm³/mol. The molecule has 0 aromatic carbocycles. The zero-order chi connectivity index (χ0) is 14.1. The van der Waals surface area contributed by atoms with Gasteiger partial charge < -0.3 is 14.4 Å². The Bertz CT molecular complexity index is 261. The van der Waals surface area contributed by atoms with Crippen LogP contribution in [0.3, 0.4) is 0 Å². The van der Waals surface area contributed by atoms with Crippen LogP contribution >= 0.6 is 0 Å². The lowest BCUT2D eigenvalue weighted by atomic mass is 10.2. The molecule has 0 aliphatic carbocycles. The SMILES string of the molecule is CCCC1NC(C)C(=O)N1CCCCOCCOC. The van der Waals surface area contributed by atoms with Crippen molar-refractivity contribution in [2.75, 3.05) is 33.5 Å². The van der Waals surface area contributed by atoms with Crippen molar-refractivity contribution >= 4 is 5.91 Å². The summed E-state index contributed by atoms with van der Waals surface area (Å²) in [4.78, 5) is 14.0. The van der Waals surface area contributed by atoms with Crippen LogP contribution in [-0.4, -0.2) is 56.5 Å². The molecule has 2 unspecified atom stereocenters. The Morgan fingerprint density at radius 2 is 2.05 bits per heavy atom. The monoisotopic (exact) mass is 272 g/mol. The molecule has 0 aromatic rings. The van der Waals surface area contributed by atoms with E-state index in [0.717, 1.165) is 38.8 Å². The van der Waals surface area contributed by atoms with Crippen LogP contribution in [0.25, 0.3) is 0 Å². The van der Waals surface area contributed by atoms with E-state index in [1.165, 1.54) is 0 Å². The van der Waals surface area contributed by atoms with E-state index >= 15 is 0 Å². The lowest BCUT2D eigenvalue weighted by Gasteiger charge is -2.23. The van der Waals surface area contributed by atoms with Crippen molar-refractivity contribution in [1.82, 2.24) is 10.2 Å². The molecule has 0 radical (unpaired) electrons. The highest BCUT2D eigenvalue weighted by molar-refractivity contribution is 5.83. The van der Waals surface area contributed by atoms with Gasteiger partial charge in [-0.3, -0.25) is 10.1 Å². The minimum atomic E-state index is -0.0329.